The zero-order valence-corrected chi connectivity index (χ0v) is 22.8. The molecule has 0 unspecified atom stereocenters. The Kier molecular flexibility index (Phi) is 6.70. The van der Waals surface area contributed by atoms with Crippen LogP contribution in [0.2, 0.25) is 0 Å². The van der Waals surface area contributed by atoms with Crippen molar-refractivity contribution in [3.8, 4) is 0 Å². The van der Waals surface area contributed by atoms with Gasteiger partial charge in [-0.3, -0.25) is 14.4 Å². The normalized spacial score (nSPS) is 47.3. The van der Waals surface area contributed by atoms with E-state index in [0.717, 1.165) is 44.9 Å². The molecule has 0 radical (unpaired) electrons. The van der Waals surface area contributed by atoms with Crippen LogP contribution in [-0.4, -0.2) is 49.4 Å². The highest BCUT2D eigenvalue weighted by Crippen LogP contribution is 2.72. The molecule has 0 aromatic heterocycles. The van der Waals surface area contributed by atoms with Crippen LogP contribution in [-0.2, 0) is 33.3 Å². The Morgan fingerprint density at radius 1 is 0.944 bits per heavy atom. The standard InChI is InChI=1S/C29H44O7/c1-15(7-10-24(32)33-6)19-8-9-20-25-21(14-23(29(19,20)5)35-17(3)31)28(4)12-11-18(34-16(2)30)13-22(28)26-27(25)36-26/h15,18-23,25-27H,7-14H2,1-6H3/t15-,18-,19-,20+,21+,22+,23+,25+,26-,27+,28-,29-/m1/s1. The van der Waals surface area contributed by atoms with E-state index in [0.29, 0.717) is 41.9 Å². The van der Waals surface area contributed by atoms with E-state index in [9.17, 15) is 14.4 Å². The molecule has 36 heavy (non-hydrogen) atoms. The lowest BCUT2D eigenvalue weighted by atomic mass is 9.43. The van der Waals surface area contributed by atoms with Gasteiger partial charge in [0.15, 0.2) is 0 Å². The number of hydrogen-bond donors (Lipinski definition) is 0. The molecule has 1 aliphatic heterocycles. The third-order valence-electron chi connectivity index (χ3n) is 11.4. The van der Waals surface area contributed by atoms with Gasteiger partial charge in [-0.1, -0.05) is 20.8 Å². The van der Waals surface area contributed by atoms with E-state index in [4.69, 9.17) is 18.9 Å². The molecule has 7 nitrogen and oxygen atoms in total. The molecule has 0 aromatic carbocycles. The van der Waals surface area contributed by atoms with Crippen LogP contribution < -0.4 is 0 Å². The van der Waals surface area contributed by atoms with Crippen LogP contribution in [0.3, 0.4) is 0 Å². The van der Waals surface area contributed by atoms with Gasteiger partial charge in [-0.25, -0.2) is 0 Å². The van der Waals surface area contributed by atoms with Crippen LogP contribution in [0.1, 0.15) is 86.0 Å². The highest BCUT2D eigenvalue weighted by Gasteiger charge is 2.73. The van der Waals surface area contributed by atoms with Gasteiger partial charge >= 0.3 is 17.9 Å². The fourth-order valence-electron chi connectivity index (χ4n) is 9.76. The van der Waals surface area contributed by atoms with Crippen molar-refractivity contribution in [3.63, 3.8) is 0 Å². The summed E-state index contributed by atoms with van der Waals surface area (Å²) in [6, 6.07) is 0. The highest BCUT2D eigenvalue weighted by molar-refractivity contribution is 5.69. The van der Waals surface area contributed by atoms with Crippen LogP contribution >= 0.6 is 0 Å². The Morgan fingerprint density at radius 3 is 2.33 bits per heavy atom. The van der Waals surface area contributed by atoms with E-state index >= 15 is 0 Å². The number of methoxy groups -OCH3 is 1. The van der Waals surface area contributed by atoms with Crippen LogP contribution in [0.15, 0.2) is 0 Å². The third-order valence-corrected chi connectivity index (χ3v) is 11.4. The number of carbonyl (C=O) groups excluding carboxylic acids is 3. The number of rotatable bonds is 6. The molecule has 7 heteroatoms. The van der Waals surface area contributed by atoms with Crippen molar-refractivity contribution in [2.45, 2.75) is 110 Å². The Balaban J connectivity index is 1.43. The van der Waals surface area contributed by atoms with Crippen molar-refractivity contribution in [2.24, 2.45) is 46.3 Å². The van der Waals surface area contributed by atoms with Crippen LogP contribution in [0.25, 0.3) is 0 Å². The number of hydrogen-bond acceptors (Lipinski definition) is 7. The zero-order chi connectivity index (χ0) is 26.0. The van der Waals surface area contributed by atoms with Gasteiger partial charge in [-0.2, -0.15) is 0 Å². The fourth-order valence-corrected chi connectivity index (χ4v) is 9.76. The fraction of sp³-hybridized carbons (Fsp3) is 0.897. The maximum Gasteiger partial charge on any atom is 0.305 e. The molecule has 1 heterocycles. The molecule has 5 rings (SSSR count). The molecule has 0 amide bonds. The van der Waals surface area contributed by atoms with Gasteiger partial charge in [-0.15, -0.1) is 0 Å². The molecule has 4 saturated carbocycles. The second kappa shape index (κ2) is 9.28. The van der Waals surface area contributed by atoms with Gasteiger partial charge in [-0.05, 0) is 85.9 Å². The van der Waals surface area contributed by atoms with Crippen molar-refractivity contribution in [3.05, 3.63) is 0 Å². The lowest BCUT2D eigenvalue weighted by molar-refractivity contribution is -0.193. The maximum atomic E-state index is 12.4. The third kappa shape index (κ3) is 4.08. The molecule has 5 fully saturated rings. The van der Waals surface area contributed by atoms with Gasteiger partial charge in [0, 0.05) is 25.7 Å². The molecular formula is C29H44O7. The average Bonchev–Trinajstić information content (AvgIpc) is 3.52. The van der Waals surface area contributed by atoms with E-state index in [-0.39, 0.29) is 53.2 Å². The summed E-state index contributed by atoms with van der Waals surface area (Å²) in [6.45, 7) is 10.1. The van der Waals surface area contributed by atoms with Crippen LogP contribution in [0.4, 0.5) is 0 Å². The summed E-state index contributed by atoms with van der Waals surface area (Å²) in [5, 5.41) is 0. The minimum atomic E-state index is -0.206. The minimum Gasteiger partial charge on any atom is -0.469 e. The van der Waals surface area contributed by atoms with Gasteiger partial charge in [0.1, 0.15) is 12.2 Å². The number of carbonyl (C=O) groups is 3. The summed E-state index contributed by atoms with van der Waals surface area (Å²) in [4.78, 5) is 35.8. The summed E-state index contributed by atoms with van der Waals surface area (Å²) < 4.78 is 23.2. The summed E-state index contributed by atoms with van der Waals surface area (Å²) >= 11 is 0. The van der Waals surface area contributed by atoms with Crippen molar-refractivity contribution >= 4 is 17.9 Å². The summed E-state index contributed by atoms with van der Waals surface area (Å²) in [7, 11) is 1.45. The van der Waals surface area contributed by atoms with Gasteiger partial charge < -0.3 is 18.9 Å². The highest BCUT2D eigenvalue weighted by atomic mass is 16.6. The molecule has 0 bridgehead atoms. The van der Waals surface area contributed by atoms with E-state index < -0.39 is 0 Å². The summed E-state index contributed by atoms with van der Waals surface area (Å²) in [5.41, 5.74) is -0.0374. The Hall–Kier alpha value is -1.63. The molecular weight excluding hydrogens is 460 g/mol. The number of esters is 3. The first-order valence-electron chi connectivity index (χ1n) is 14.1. The Bertz CT molecular complexity index is 902. The molecule has 0 spiro atoms. The zero-order valence-electron chi connectivity index (χ0n) is 22.8. The van der Waals surface area contributed by atoms with Crippen molar-refractivity contribution < 1.29 is 33.3 Å². The Morgan fingerprint density at radius 2 is 1.67 bits per heavy atom. The quantitative estimate of drug-likeness (QED) is 0.294. The molecule has 0 N–H and O–H groups in total. The smallest absolute Gasteiger partial charge is 0.305 e. The van der Waals surface area contributed by atoms with Crippen LogP contribution in [0, 0.1) is 46.3 Å². The van der Waals surface area contributed by atoms with Crippen molar-refractivity contribution in [1.29, 1.82) is 0 Å². The van der Waals surface area contributed by atoms with E-state index in [1.807, 2.05) is 0 Å². The van der Waals surface area contributed by atoms with Gasteiger partial charge in [0.05, 0.1) is 19.3 Å². The van der Waals surface area contributed by atoms with Gasteiger partial charge in [0.25, 0.3) is 0 Å². The van der Waals surface area contributed by atoms with E-state index in [1.165, 1.54) is 21.0 Å². The molecule has 5 aliphatic rings. The molecule has 0 aromatic rings. The lowest BCUT2D eigenvalue weighted by Gasteiger charge is -2.61. The summed E-state index contributed by atoms with van der Waals surface area (Å²) in [5.74, 6) is 1.87. The topological polar surface area (TPSA) is 91.4 Å². The summed E-state index contributed by atoms with van der Waals surface area (Å²) in [6.07, 6.45) is 7.43. The second-order valence-electron chi connectivity index (χ2n) is 12.9. The number of epoxide rings is 1. The maximum absolute atomic E-state index is 12.4. The first-order chi connectivity index (χ1) is 17.0. The second-order valence-corrected chi connectivity index (χ2v) is 12.9. The Labute approximate surface area is 215 Å². The number of ether oxygens (including phenoxy) is 4. The largest absolute Gasteiger partial charge is 0.469 e. The van der Waals surface area contributed by atoms with E-state index in [2.05, 4.69) is 20.8 Å². The van der Waals surface area contributed by atoms with Crippen molar-refractivity contribution in [1.82, 2.24) is 0 Å². The monoisotopic (exact) mass is 504 g/mol. The first-order valence-corrected chi connectivity index (χ1v) is 14.1. The lowest BCUT2D eigenvalue weighted by Crippen LogP contribution is -2.62. The predicted octanol–water partition coefficient (Wildman–Crippen LogP) is 4.70. The first kappa shape index (κ1) is 26.0. The van der Waals surface area contributed by atoms with E-state index in [1.54, 1.807) is 0 Å². The number of fused-ring (bicyclic) bond motifs is 8. The average molecular weight is 505 g/mol. The minimum absolute atomic E-state index is 0.0216. The molecule has 202 valence electrons. The van der Waals surface area contributed by atoms with Crippen molar-refractivity contribution in [2.75, 3.05) is 7.11 Å². The van der Waals surface area contributed by atoms with Gasteiger partial charge in [0.2, 0.25) is 0 Å². The molecule has 1 saturated heterocycles. The molecule has 12 atom stereocenters. The van der Waals surface area contributed by atoms with Crippen LogP contribution in [0.5, 0.6) is 0 Å². The SMILES string of the molecule is COC(=O)CC[C@@H](C)[C@H]1CC[C@H]2[C@@H]3[C@@H]4O[C@@H]4[C@@H]4C[C@H](OC(C)=O)CC[C@]4(C)[C@H]3C[C@H](OC(C)=O)[C@]12C. The predicted molar refractivity (Wildman–Crippen MR) is 132 cm³/mol. The molecule has 4 aliphatic carbocycles.